The predicted molar refractivity (Wildman–Crippen MR) is 117 cm³/mol. The van der Waals surface area contributed by atoms with Crippen molar-refractivity contribution < 1.29 is 23.4 Å². The molecular formula is C23H20Cl2FNO4. The third-order valence-electron chi connectivity index (χ3n) is 4.67. The number of ketones is 1. The zero-order chi connectivity index (χ0) is 22.4. The highest BCUT2D eigenvalue weighted by atomic mass is 35.5. The van der Waals surface area contributed by atoms with Gasteiger partial charge in [0.25, 0.3) is 0 Å². The van der Waals surface area contributed by atoms with Crippen molar-refractivity contribution in [2.45, 2.75) is 12.8 Å². The fourth-order valence-electron chi connectivity index (χ4n) is 3.09. The lowest BCUT2D eigenvalue weighted by atomic mass is 10.0. The van der Waals surface area contributed by atoms with Gasteiger partial charge in [0.1, 0.15) is 5.82 Å². The van der Waals surface area contributed by atoms with Crippen LogP contribution in [0.4, 0.5) is 4.39 Å². The van der Waals surface area contributed by atoms with Crippen molar-refractivity contribution in [3.05, 3.63) is 81.3 Å². The quantitative estimate of drug-likeness (QED) is 0.387. The highest BCUT2D eigenvalue weighted by Gasteiger charge is 2.23. The van der Waals surface area contributed by atoms with Crippen LogP contribution in [0.5, 0.6) is 17.2 Å². The van der Waals surface area contributed by atoms with Gasteiger partial charge in [0.05, 0.1) is 36.4 Å². The van der Waals surface area contributed by atoms with E-state index in [1.54, 1.807) is 30.3 Å². The Morgan fingerprint density at radius 3 is 2.35 bits per heavy atom. The molecule has 0 spiro atoms. The average Bonchev–Trinajstić information content (AvgIpc) is 2.77. The van der Waals surface area contributed by atoms with Crippen LogP contribution in [0.3, 0.4) is 0 Å². The van der Waals surface area contributed by atoms with Crippen LogP contribution in [0.2, 0.25) is 10.0 Å². The van der Waals surface area contributed by atoms with E-state index in [9.17, 15) is 9.18 Å². The Balaban J connectivity index is 1.90. The molecular weight excluding hydrogens is 444 g/mol. The maximum Gasteiger partial charge on any atom is 0.204 e. The first-order valence-corrected chi connectivity index (χ1v) is 10.1. The van der Waals surface area contributed by atoms with Crippen LogP contribution < -0.4 is 14.2 Å². The zero-order valence-electron chi connectivity index (χ0n) is 17.0. The smallest absolute Gasteiger partial charge is 0.204 e. The summed E-state index contributed by atoms with van der Waals surface area (Å²) in [5.74, 6) is 0.289. The van der Waals surface area contributed by atoms with Crippen LogP contribution in [-0.2, 0) is 12.8 Å². The number of pyridine rings is 1. The van der Waals surface area contributed by atoms with Crippen LogP contribution in [0.25, 0.3) is 0 Å². The van der Waals surface area contributed by atoms with Crippen LogP contribution in [-0.4, -0.2) is 31.6 Å². The van der Waals surface area contributed by atoms with Gasteiger partial charge in [-0.2, -0.15) is 0 Å². The lowest BCUT2D eigenvalue weighted by molar-refractivity contribution is 0.0988. The molecule has 1 heterocycles. The summed E-state index contributed by atoms with van der Waals surface area (Å²) in [5.41, 5.74) is 1.25. The van der Waals surface area contributed by atoms with Gasteiger partial charge in [-0.15, -0.1) is 0 Å². The first kappa shape index (κ1) is 22.8. The molecule has 5 nitrogen and oxygen atoms in total. The number of halogens is 3. The number of aromatic nitrogens is 1. The van der Waals surface area contributed by atoms with Gasteiger partial charge in [-0.05, 0) is 23.8 Å². The molecule has 0 saturated carbocycles. The minimum atomic E-state index is -0.318. The second-order valence-electron chi connectivity index (χ2n) is 6.55. The standard InChI is InChI=1S/C23H20Cl2FNO4/c1-29-21-8-7-15(20(28)11-16-17(24)12-27-13-18(16)25)22(23(21)30-2)31-10-9-14-5-3-4-6-19(14)26/h3-8,12-13H,9-11H2,1-2H3. The molecule has 0 bridgehead atoms. The molecule has 0 fully saturated rings. The van der Waals surface area contributed by atoms with Crippen LogP contribution >= 0.6 is 23.2 Å². The first-order chi connectivity index (χ1) is 15.0. The average molecular weight is 464 g/mol. The molecule has 0 aliphatic rings. The maximum absolute atomic E-state index is 13.9. The Morgan fingerprint density at radius 2 is 1.71 bits per heavy atom. The number of hydrogen-bond acceptors (Lipinski definition) is 5. The monoisotopic (exact) mass is 463 g/mol. The highest BCUT2D eigenvalue weighted by Crippen LogP contribution is 2.41. The van der Waals surface area contributed by atoms with Crippen LogP contribution in [0.15, 0.2) is 48.8 Å². The second kappa shape index (κ2) is 10.5. The Kier molecular flexibility index (Phi) is 7.71. The molecule has 31 heavy (non-hydrogen) atoms. The fourth-order valence-corrected chi connectivity index (χ4v) is 3.59. The van der Waals surface area contributed by atoms with E-state index in [1.807, 2.05) is 0 Å². The van der Waals surface area contributed by atoms with E-state index < -0.39 is 0 Å². The highest BCUT2D eigenvalue weighted by molar-refractivity contribution is 6.36. The fraction of sp³-hybridized carbons (Fsp3) is 0.217. The topological polar surface area (TPSA) is 57.7 Å². The molecule has 0 atom stereocenters. The van der Waals surface area contributed by atoms with E-state index in [0.29, 0.717) is 33.3 Å². The van der Waals surface area contributed by atoms with Gasteiger partial charge in [-0.1, -0.05) is 41.4 Å². The number of carbonyl (C=O) groups is 1. The number of nitrogens with zero attached hydrogens (tertiary/aromatic N) is 1. The Morgan fingerprint density at radius 1 is 1.00 bits per heavy atom. The van der Waals surface area contributed by atoms with Crippen molar-refractivity contribution in [2.75, 3.05) is 20.8 Å². The largest absolute Gasteiger partial charge is 0.493 e. The minimum absolute atomic E-state index is 0.0562. The van der Waals surface area contributed by atoms with E-state index in [2.05, 4.69) is 4.98 Å². The molecule has 0 radical (unpaired) electrons. The van der Waals surface area contributed by atoms with Crippen molar-refractivity contribution in [3.63, 3.8) is 0 Å². The van der Waals surface area contributed by atoms with Crippen molar-refractivity contribution in [1.82, 2.24) is 4.98 Å². The van der Waals surface area contributed by atoms with Gasteiger partial charge in [0.15, 0.2) is 17.3 Å². The molecule has 8 heteroatoms. The van der Waals surface area contributed by atoms with Crippen LogP contribution in [0, 0.1) is 5.82 Å². The molecule has 1 aromatic heterocycles. The lowest BCUT2D eigenvalue weighted by Crippen LogP contribution is -2.11. The molecule has 0 N–H and O–H groups in total. The van der Waals surface area contributed by atoms with Crippen LogP contribution in [0.1, 0.15) is 21.5 Å². The molecule has 0 amide bonds. The van der Waals surface area contributed by atoms with E-state index in [4.69, 9.17) is 37.4 Å². The summed E-state index contributed by atoms with van der Waals surface area (Å²) < 4.78 is 30.6. The normalized spacial score (nSPS) is 10.6. The molecule has 0 saturated heterocycles. The summed E-state index contributed by atoms with van der Waals surface area (Å²) in [5, 5.41) is 0.590. The molecule has 0 unspecified atom stereocenters. The lowest BCUT2D eigenvalue weighted by Gasteiger charge is -2.17. The van der Waals surface area contributed by atoms with Crippen molar-refractivity contribution in [3.8, 4) is 17.2 Å². The van der Waals surface area contributed by atoms with Gasteiger partial charge in [0, 0.05) is 30.8 Å². The Bertz CT molecular complexity index is 1070. The SMILES string of the molecule is COc1ccc(C(=O)Cc2c(Cl)cncc2Cl)c(OCCc2ccccc2F)c1OC. The van der Waals surface area contributed by atoms with E-state index >= 15 is 0 Å². The van der Waals surface area contributed by atoms with Crippen molar-refractivity contribution >= 4 is 29.0 Å². The van der Waals surface area contributed by atoms with Crippen molar-refractivity contribution in [2.24, 2.45) is 0 Å². The van der Waals surface area contributed by atoms with Gasteiger partial charge < -0.3 is 14.2 Å². The molecule has 0 aliphatic carbocycles. The van der Waals surface area contributed by atoms with Gasteiger partial charge >= 0.3 is 0 Å². The van der Waals surface area contributed by atoms with Gasteiger partial charge in [-0.3, -0.25) is 9.78 Å². The number of ether oxygens (including phenoxy) is 3. The second-order valence-corrected chi connectivity index (χ2v) is 7.36. The Hall–Kier alpha value is -2.83. The predicted octanol–water partition coefficient (Wildman–Crippen LogP) is 5.59. The number of methoxy groups -OCH3 is 2. The number of Topliss-reactive ketones (excluding diaryl/α,β-unsaturated/α-hetero) is 1. The number of benzene rings is 2. The number of hydrogen-bond donors (Lipinski definition) is 0. The molecule has 2 aromatic carbocycles. The van der Waals surface area contributed by atoms with Gasteiger partial charge in [-0.25, -0.2) is 4.39 Å². The summed E-state index contributed by atoms with van der Waals surface area (Å²) in [7, 11) is 2.94. The zero-order valence-corrected chi connectivity index (χ0v) is 18.5. The molecule has 3 aromatic rings. The summed E-state index contributed by atoms with van der Waals surface area (Å²) in [4.78, 5) is 17.0. The van der Waals surface area contributed by atoms with E-state index in [1.165, 1.54) is 32.7 Å². The summed E-state index contributed by atoms with van der Waals surface area (Å²) in [6.45, 7) is 0.126. The molecule has 3 rings (SSSR count). The molecule has 162 valence electrons. The third kappa shape index (κ3) is 5.27. The number of carbonyl (C=O) groups excluding carboxylic acids is 1. The van der Waals surface area contributed by atoms with Gasteiger partial charge in [0.2, 0.25) is 5.75 Å². The minimum Gasteiger partial charge on any atom is -0.493 e. The van der Waals surface area contributed by atoms with Crippen molar-refractivity contribution in [1.29, 1.82) is 0 Å². The summed E-state index contributed by atoms with van der Waals surface area (Å²) in [6.07, 6.45) is 3.11. The first-order valence-electron chi connectivity index (χ1n) is 9.38. The third-order valence-corrected chi connectivity index (χ3v) is 5.32. The Labute approximate surface area is 189 Å². The number of rotatable bonds is 9. The summed E-state index contributed by atoms with van der Waals surface area (Å²) >= 11 is 12.3. The van der Waals surface area contributed by atoms with E-state index in [0.717, 1.165) is 0 Å². The maximum atomic E-state index is 13.9. The van der Waals surface area contributed by atoms with E-state index in [-0.39, 0.29) is 41.7 Å². The summed E-state index contributed by atoms with van der Waals surface area (Å²) in [6, 6.07) is 9.65. The molecule has 0 aliphatic heterocycles.